The van der Waals surface area contributed by atoms with E-state index in [9.17, 15) is 4.39 Å². The number of hydrogen-bond donors (Lipinski definition) is 1. The van der Waals surface area contributed by atoms with Crippen LogP contribution < -0.4 is 10.1 Å². The summed E-state index contributed by atoms with van der Waals surface area (Å²) < 4.78 is 19.4. The lowest BCUT2D eigenvalue weighted by atomic mass is 10.1. The first-order valence-corrected chi connectivity index (χ1v) is 7.75. The standard InChI is InChI=1S/C16H16BrClFNO/c1-20-13(8-11-2-7-16(19)15(17)9-11)10-21-14-5-3-12(18)4-6-14/h2-7,9,13,20H,8,10H2,1H3. The van der Waals surface area contributed by atoms with E-state index in [0.29, 0.717) is 16.1 Å². The zero-order valence-electron chi connectivity index (χ0n) is 11.6. The van der Waals surface area contributed by atoms with Crippen molar-refractivity contribution in [1.29, 1.82) is 0 Å². The number of likely N-dealkylation sites (N-methyl/N-ethyl adjacent to an activating group) is 1. The Morgan fingerprint density at radius 3 is 2.57 bits per heavy atom. The van der Waals surface area contributed by atoms with Crippen molar-refractivity contribution in [3.8, 4) is 5.75 Å². The number of halogens is 3. The molecule has 0 aliphatic rings. The fourth-order valence-corrected chi connectivity index (χ4v) is 2.48. The summed E-state index contributed by atoms with van der Waals surface area (Å²) in [4.78, 5) is 0. The summed E-state index contributed by atoms with van der Waals surface area (Å²) in [5.41, 5.74) is 1.04. The summed E-state index contributed by atoms with van der Waals surface area (Å²) in [5.74, 6) is 0.525. The normalized spacial score (nSPS) is 12.2. The van der Waals surface area contributed by atoms with Gasteiger partial charge in [0.2, 0.25) is 0 Å². The Balaban J connectivity index is 1.93. The third-order valence-electron chi connectivity index (χ3n) is 3.14. The smallest absolute Gasteiger partial charge is 0.137 e. The Kier molecular flexibility index (Phi) is 6.03. The number of ether oxygens (including phenoxy) is 1. The molecule has 2 aromatic carbocycles. The average molecular weight is 373 g/mol. The number of benzene rings is 2. The van der Waals surface area contributed by atoms with Crippen LogP contribution in [0.5, 0.6) is 5.75 Å². The Morgan fingerprint density at radius 1 is 1.24 bits per heavy atom. The minimum absolute atomic E-state index is 0.137. The van der Waals surface area contributed by atoms with E-state index in [4.69, 9.17) is 16.3 Å². The number of nitrogens with one attached hydrogen (secondary N) is 1. The van der Waals surface area contributed by atoms with Gasteiger partial charge in [-0.25, -0.2) is 4.39 Å². The molecule has 0 spiro atoms. The minimum Gasteiger partial charge on any atom is -0.492 e. The largest absolute Gasteiger partial charge is 0.492 e. The van der Waals surface area contributed by atoms with E-state index in [2.05, 4.69) is 21.2 Å². The third-order valence-corrected chi connectivity index (χ3v) is 4.00. The Labute approximate surface area is 137 Å². The summed E-state index contributed by atoms with van der Waals surface area (Å²) in [6, 6.07) is 12.4. The number of hydrogen-bond acceptors (Lipinski definition) is 2. The van der Waals surface area contributed by atoms with Gasteiger partial charge in [-0.05, 0) is 71.4 Å². The molecular weight excluding hydrogens is 357 g/mol. The van der Waals surface area contributed by atoms with Crippen LogP contribution >= 0.6 is 27.5 Å². The highest BCUT2D eigenvalue weighted by Gasteiger charge is 2.10. The van der Waals surface area contributed by atoms with Crippen LogP contribution in [0.3, 0.4) is 0 Å². The van der Waals surface area contributed by atoms with Gasteiger partial charge in [0.15, 0.2) is 0 Å². The highest BCUT2D eigenvalue weighted by molar-refractivity contribution is 9.10. The zero-order valence-corrected chi connectivity index (χ0v) is 13.9. The van der Waals surface area contributed by atoms with Crippen molar-refractivity contribution in [1.82, 2.24) is 5.32 Å². The zero-order chi connectivity index (χ0) is 15.2. The SMILES string of the molecule is CNC(COc1ccc(Cl)cc1)Cc1ccc(F)c(Br)c1. The van der Waals surface area contributed by atoms with Crippen molar-refractivity contribution in [2.45, 2.75) is 12.5 Å². The third kappa shape index (κ3) is 4.99. The first kappa shape index (κ1) is 16.3. The van der Waals surface area contributed by atoms with E-state index >= 15 is 0 Å². The second-order valence-electron chi connectivity index (χ2n) is 4.70. The first-order chi connectivity index (χ1) is 10.1. The molecule has 1 atom stereocenters. The average Bonchev–Trinajstić information content (AvgIpc) is 2.49. The van der Waals surface area contributed by atoms with Gasteiger partial charge < -0.3 is 10.1 Å². The molecule has 112 valence electrons. The van der Waals surface area contributed by atoms with Gasteiger partial charge in [-0.3, -0.25) is 0 Å². The molecule has 0 aliphatic heterocycles. The van der Waals surface area contributed by atoms with Gasteiger partial charge in [0, 0.05) is 11.1 Å². The lowest BCUT2D eigenvalue weighted by Crippen LogP contribution is -2.33. The van der Waals surface area contributed by atoms with Crippen LogP contribution in [0.2, 0.25) is 5.02 Å². The molecule has 21 heavy (non-hydrogen) atoms. The summed E-state index contributed by atoms with van der Waals surface area (Å²) >= 11 is 9.03. The van der Waals surface area contributed by atoms with Crippen LogP contribution in [0.1, 0.15) is 5.56 Å². The molecule has 0 radical (unpaired) electrons. The van der Waals surface area contributed by atoms with Crippen LogP contribution in [-0.4, -0.2) is 19.7 Å². The molecule has 0 heterocycles. The molecule has 0 aliphatic carbocycles. The van der Waals surface area contributed by atoms with Gasteiger partial charge in [0.1, 0.15) is 18.2 Å². The van der Waals surface area contributed by atoms with Crippen LogP contribution in [0.25, 0.3) is 0 Å². The minimum atomic E-state index is -0.253. The molecule has 2 aromatic rings. The fraction of sp³-hybridized carbons (Fsp3) is 0.250. The van der Waals surface area contributed by atoms with E-state index in [0.717, 1.165) is 17.7 Å². The molecule has 2 rings (SSSR count). The molecule has 0 saturated heterocycles. The molecule has 5 heteroatoms. The molecule has 0 saturated carbocycles. The van der Waals surface area contributed by atoms with Crippen molar-refractivity contribution in [3.63, 3.8) is 0 Å². The van der Waals surface area contributed by atoms with Gasteiger partial charge in [0.25, 0.3) is 0 Å². The van der Waals surface area contributed by atoms with Crippen LogP contribution in [0, 0.1) is 5.82 Å². The number of rotatable bonds is 6. The van der Waals surface area contributed by atoms with Crippen LogP contribution in [0.15, 0.2) is 46.9 Å². The lowest BCUT2D eigenvalue weighted by Gasteiger charge is -2.17. The van der Waals surface area contributed by atoms with Gasteiger partial charge in [-0.1, -0.05) is 17.7 Å². The summed E-state index contributed by atoms with van der Waals surface area (Å²) in [6.07, 6.45) is 0.753. The van der Waals surface area contributed by atoms with Crippen molar-refractivity contribution >= 4 is 27.5 Å². The Bertz CT molecular complexity index is 591. The summed E-state index contributed by atoms with van der Waals surface area (Å²) in [6.45, 7) is 0.521. The topological polar surface area (TPSA) is 21.3 Å². The second kappa shape index (κ2) is 7.78. The van der Waals surface area contributed by atoms with Crippen LogP contribution in [-0.2, 0) is 6.42 Å². The van der Waals surface area contributed by atoms with E-state index in [-0.39, 0.29) is 11.9 Å². The molecular formula is C16H16BrClFNO. The molecule has 0 aromatic heterocycles. The van der Waals surface area contributed by atoms with E-state index in [1.807, 2.05) is 19.2 Å². The maximum absolute atomic E-state index is 13.2. The quantitative estimate of drug-likeness (QED) is 0.809. The van der Waals surface area contributed by atoms with Gasteiger partial charge >= 0.3 is 0 Å². The van der Waals surface area contributed by atoms with E-state index < -0.39 is 0 Å². The second-order valence-corrected chi connectivity index (χ2v) is 5.99. The lowest BCUT2D eigenvalue weighted by molar-refractivity contribution is 0.270. The monoisotopic (exact) mass is 371 g/mol. The predicted molar refractivity (Wildman–Crippen MR) is 87.6 cm³/mol. The van der Waals surface area contributed by atoms with Crippen molar-refractivity contribution in [3.05, 3.63) is 63.3 Å². The van der Waals surface area contributed by atoms with Crippen LogP contribution in [0.4, 0.5) is 4.39 Å². The highest BCUT2D eigenvalue weighted by atomic mass is 79.9. The maximum Gasteiger partial charge on any atom is 0.137 e. The van der Waals surface area contributed by atoms with Gasteiger partial charge in [0.05, 0.1) is 4.47 Å². The van der Waals surface area contributed by atoms with E-state index in [1.54, 1.807) is 24.3 Å². The predicted octanol–water partition coefficient (Wildman–Crippen LogP) is 4.45. The van der Waals surface area contributed by atoms with Crippen molar-refractivity contribution < 1.29 is 9.13 Å². The van der Waals surface area contributed by atoms with Gasteiger partial charge in [-0.2, -0.15) is 0 Å². The molecule has 1 unspecified atom stereocenters. The molecule has 0 fully saturated rings. The molecule has 0 bridgehead atoms. The summed E-state index contributed by atoms with van der Waals surface area (Å²) in [7, 11) is 1.88. The van der Waals surface area contributed by atoms with Crippen molar-refractivity contribution in [2.24, 2.45) is 0 Å². The Hall–Kier alpha value is -1.10. The molecule has 0 amide bonds. The van der Waals surface area contributed by atoms with Gasteiger partial charge in [-0.15, -0.1) is 0 Å². The summed E-state index contributed by atoms with van der Waals surface area (Å²) in [5, 5.41) is 3.89. The molecule has 2 nitrogen and oxygen atoms in total. The van der Waals surface area contributed by atoms with E-state index in [1.165, 1.54) is 6.07 Å². The fourth-order valence-electron chi connectivity index (χ4n) is 1.92. The Morgan fingerprint density at radius 2 is 1.95 bits per heavy atom. The van der Waals surface area contributed by atoms with Crippen molar-refractivity contribution in [2.75, 3.05) is 13.7 Å². The highest BCUT2D eigenvalue weighted by Crippen LogP contribution is 2.19. The maximum atomic E-state index is 13.2. The first-order valence-electron chi connectivity index (χ1n) is 6.58. The molecule has 1 N–H and O–H groups in total.